The summed E-state index contributed by atoms with van der Waals surface area (Å²) in [6.07, 6.45) is 31.0. The Morgan fingerprint density at radius 1 is 0.472 bits per heavy atom. The van der Waals surface area contributed by atoms with E-state index < -0.39 is 0 Å². The van der Waals surface area contributed by atoms with Crippen molar-refractivity contribution in [2.75, 3.05) is 34.2 Å². The van der Waals surface area contributed by atoms with Crippen LogP contribution in [-0.2, 0) is 19.1 Å². The highest BCUT2D eigenvalue weighted by atomic mass is 16.7. The van der Waals surface area contributed by atoms with Crippen molar-refractivity contribution < 1.29 is 38.0 Å². The SMILES string of the molecule is CCCCCCCCCCCCOC(=O)C=Cc1ccc(OCOc2ccc(C=CC(=O)OCCCCCCCCCCCC)cc2OC)c(OC)c1. The maximum Gasteiger partial charge on any atom is 0.330 e. The first-order valence-corrected chi connectivity index (χ1v) is 20.3. The summed E-state index contributed by atoms with van der Waals surface area (Å²) < 4.78 is 33.4. The molecule has 296 valence electrons. The van der Waals surface area contributed by atoms with Crippen LogP contribution in [0.1, 0.15) is 153 Å². The van der Waals surface area contributed by atoms with E-state index in [0.29, 0.717) is 36.2 Å². The third-order valence-electron chi connectivity index (χ3n) is 9.11. The number of carbonyl (C=O) groups excluding carboxylic acids is 2. The number of benzene rings is 2. The summed E-state index contributed by atoms with van der Waals surface area (Å²) >= 11 is 0. The number of methoxy groups -OCH3 is 2. The van der Waals surface area contributed by atoms with E-state index in [2.05, 4.69) is 13.8 Å². The summed E-state index contributed by atoms with van der Waals surface area (Å²) in [6, 6.07) is 10.7. The molecule has 53 heavy (non-hydrogen) atoms. The van der Waals surface area contributed by atoms with Gasteiger partial charge in [0.25, 0.3) is 0 Å². The molecule has 2 rings (SSSR count). The summed E-state index contributed by atoms with van der Waals surface area (Å²) in [5, 5.41) is 0. The number of hydrogen-bond donors (Lipinski definition) is 0. The van der Waals surface area contributed by atoms with Crippen LogP contribution < -0.4 is 18.9 Å². The van der Waals surface area contributed by atoms with Crippen molar-refractivity contribution in [1.82, 2.24) is 0 Å². The molecule has 0 aliphatic rings. The Hall–Kier alpha value is -3.94. The van der Waals surface area contributed by atoms with Gasteiger partial charge in [0, 0.05) is 12.2 Å². The van der Waals surface area contributed by atoms with E-state index in [1.54, 1.807) is 50.6 Å². The van der Waals surface area contributed by atoms with Gasteiger partial charge in [-0.2, -0.15) is 0 Å². The molecule has 0 spiro atoms. The molecule has 0 unspecified atom stereocenters. The zero-order valence-corrected chi connectivity index (χ0v) is 33.3. The smallest absolute Gasteiger partial charge is 0.330 e. The maximum atomic E-state index is 12.2. The van der Waals surface area contributed by atoms with Gasteiger partial charge >= 0.3 is 11.9 Å². The van der Waals surface area contributed by atoms with E-state index >= 15 is 0 Å². The van der Waals surface area contributed by atoms with E-state index in [1.165, 1.54) is 115 Å². The number of ether oxygens (including phenoxy) is 6. The Labute approximate surface area is 320 Å². The van der Waals surface area contributed by atoms with Gasteiger partial charge < -0.3 is 28.4 Å². The predicted octanol–water partition coefficient (Wildman–Crippen LogP) is 12.1. The molecule has 2 aromatic rings. The number of carbonyl (C=O) groups is 2. The fourth-order valence-corrected chi connectivity index (χ4v) is 5.92. The molecule has 8 nitrogen and oxygen atoms in total. The molecule has 2 aromatic carbocycles. The zero-order valence-electron chi connectivity index (χ0n) is 33.3. The van der Waals surface area contributed by atoms with Crippen LogP contribution in [0, 0.1) is 0 Å². The highest BCUT2D eigenvalue weighted by Crippen LogP contribution is 2.31. The van der Waals surface area contributed by atoms with E-state index in [-0.39, 0.29) is 18.7 Å². The van der Waals surface area contributed by atoms with Crippen LogP contribution in [0.4, 0.5) is 0 Å². The third-order valence-corrected chi connectivity index (χ3v) is 9.11. The van der Waals surface area contributed by atoms with Crippen molar-refractivity contribution in [3.63, 3.8) is 0 Å². The lowest BCUT2D eigenvalue weighted by atomic mass is 10.1. The lowest BCUT2D eigenvalue weighted by Crippen LogP contribution is -2.07. The lowest BCUT2D eigenvalue weighted by molar-refractivity contribution is -0.138. The van der Waals surface area contributed by atoms with Gasteiger partial charge in [0.05, 0.1) is 27.4 Å². The quantitative estimate of drug-likeness (QED) is 0.0317. The predicted molar refractivity (Wildman–Crippen MR) is 216 cm³/mol. The highest BCUT2D eigenvalue weighted by molar-refractivity contribution is 5.87. The molecule has 0 saturated carbocycles. The average molecular weight is 737 g/mol. The van der Waals surface area contributed by atoms with Gasteiger partial charge in [-0.1, -0.05) is 142 Å². The summed E-state index contributed by atoms with van der Waals surface area (Å²) in [7, 11) is 3.11. The minimum absolute atomic E-state index is 0.0896. The first-order chi connectivity index (χ1) is 26.0. The van der Waals surface area contributed by atoms with Gasteiger partial charge in [-0.05, 0) is 60.4 Å². The molecule has 0 aromatic heterocycles. The van der Waals surface area contributed by atoms with Gasteiger partial charge in [-0.15, -0.1) is 0 Å². The molecule has 0 aliphatic heterocycles. The van der Waals surface area contributed by atoms with Crippen LogP contribution in [0.3, 0.4) is 0 Å². The molecule has 0 aliphatic carbocycles. The van der Waals surface area contributed by atoms with E-state index in [4.69, 9.17) is 28.4 Å². The van der Waals surface area contributed by atoms with E-state index in [0.717, 1.165) is 36.8 Å². The Kier molecular flexibility index (Phi) is 26.0. The molecule has 0 heterocycles. The van der Waals surface area contributed by atoms with Gasteiger partial charge in [-0.3, -0.25) is 0 Å². The van der Waals surface area contributed by atoms with Crippen molar-refractivity contribution in [2.45, 2.75) is 142 Å². The molecule has 0 saturated heterocycles. The second kappa shape index (κ2) is 30.5. The summed E-state index contributed by atoms with van der Waals surface area (Å²) in [5.41, 5.74) is 1.55. The van der Waals surface area contributed by atoms with E-state index in [9.17, 15) is 9.59 Å². The monoisotopic (exact) mass is 736 g/mol. The van der Waals surface area contributed by atoms with Crippen molar-refractivity contribution in [2.24, 2.45) is 0 Å². The molecular weight excluding hydrogens is 668 g/mol. The lowest BCUT2D eigenvalue weighted by Gasteiger charge is -2.14. The van der Waals surface area contributed by atoms with Gasteiger partial charge in [0.15, 0.2) is 23.0 Å². The van der Waals surface area contributed by atoms with Gasteiger partial charge in [0.2, 0.25) is 6.79 Å². The Balaban J connectivity index is 1.68. The van der Waals surface area contributed by atoms with Crippen molar-refractivity contribution >= 4 is 24.1 Å². The summed E-state index contributed by atoms with van der Waals surface area (Å²) in [6.45, 7) is 5.28. The minimum atomic E-state index is -0.358. The van der Waals surface area contributed by atoms with Crippen LogP contribution >= 0.6 is 0 Å². The molecule has 0 amide bonds. The standard InChI is InChI=1S/C45H68O8/c1-5-7-9-11-13-15-17-19-21-23-33-50-44(46)31-27-38-25-29-40(42(35-38)48-3)52-37-53-41-30-26-39(36-43(41)49-4)28-32-45(47)51-34-24-22-20-18-16-14-12-10-8-6-2/h25-32,35-36H,5-24,33-34,37H2,1-4H3. The zero-order chi connectivity index (χ0) is 38.2. The normalized spacial score (nSPS) is 11.2. The Morgan fingerprint density at radius 3 is 1.15 bits per heavy atom. The number of hydrogen-bond acceptors (Lipinski definition) is 8. The molecular formula is C45H68O8. The molecule has 0 radical (unpaired) electrons. The topological polar surface area (TPSA) is 89.5 Å². The first-order valence-electron chi connectivity index (χ1n) is 20.3. The van der Waals surface area contributed by atoms with Gasteiger partial charge in [0.1, 0.15) is 0 Å². The van der Waals surface area contributed by atoms with Crippen LogP contribution in [0.15, 0.2) is 48.6 Å². The van der Waals surface area contributed by atoms with Crippen molar-refractivity contribution in [1.29, 1.82) is 0 Å². The number of rotatable bonds is 32. The third kappa shape index (κ3) is 22.0. The average Bonchev–Trinajstić information content (AvgIpc) is 3.17. The van der Waals surface area contributed by atoms with Crippen molar-refractivity contribution in [3.05, 3.63) is 59.7 Å². The fourth-order valence-electron chi connectivity index (χ4n) is 5.92. The van der Waals surface area contributed by atoms with Gasteiger partial charge in [-0.25, -0.2) is 9.59 Å². The number of esters is 2. The largest absolute Gasteiger partial charge is 0.493 e. The second-order valence-corrected chi connectivity index (χ2v) is 13.6. The molecule has 0 N–H and O–H groups in total. The van der Waals surface area contributed by atoms with Crippen LogP contribution in [-0.4, -0.2) is 46.2 Å². The van der Waals surface area contributed by atoms with Crippen LogP contribution in [0.5, 0.6) is 23.0 Å². The molecule has 0 bridgehead atoms. The van der Waals surface area contributed by atoms with Crippen LogP contribution in [0.25, 0.3) is 12.2 Å². The summed E-state index contributed by atoms with van der Waals surface area (Å²) in [5.74, 6) is 1.27. The van der Waals surface area contributed by atoms with Crippen molar-refractivity contribution in [3.8, 4) is 23.0 Å². The highest BCUT2D eigenvalue weighted by Gasteiger charge is 2.09. The first kappa shape index (κ1) is 45.2. The minimum Gasteiger partial charge on any atom is -0.493 e. The molecule has 8 heteroatoms. The van der Waals surface area contributed by atoms with Crippen LogP contribution in [0.2, 0.25) is 0 Å². The second-order valence-electron chi connectivity index (χ2n) is 13.6. The Morgan fingerprint density at radius 2 is 0.811 bits per heavy atom. The summed E-state index contributed by atoms with van der Waals surface area (Å²) in [4.78, 5) is 24.4. The molecule has 0 atom stereocenters. The Bertz CT molecular complexity index is 1220. The number of unbranched alkanes of at least 4 members (excludes halogenated alkanes) is 18. The fraction of sp³-hybridized carbons (Fsp3) is 0.600. The van der Waals surface area contributed by atoms with E-state index in [1.807, 2.05) is 12.1 Å². The molecule has 0 fully saturated rings. The maximum absolute atomic E-state index is 12.2.